The van der Waals surface area contributed by atoms with Crippen molar-refractivity contribution in [2.75, 3.05) is 0 Å². The number of nitriles is 1. The van der Waals surface area contributed by atoms with Gasteiger partial charge < -0.3 is 0 Å². The molecule has 1 heteroatoms. The predicted molar refractivity (Wildman–Crippen MR) is 62.1 cm³/mol. The summed E-state index contributed by atoms with van der Waals surface area (Å²) in [4.78, 5) is 0. The molecular weight excluding hydrogens is 182 g/mol. The molecule has 15 heavy (non-hydrogen) atoms. The average molecular weight is 203 g/mol. The molecule has 0 aromatic rings. The Hall–Kier alpha value is -0.770. The quantitative estimate of drug-likeness (QED) is 0.638. The summed E-state index contributed by atoms with van der Waals surface area (Å²) in [5, 5.41) is 8.77. The first kappa shape index (κ1) is 10.7. The summed E-state index contributed by atoms with van der Waals surface area (Å²) in [5.41, 5.74) is 2.18. The van der Waals surface area contributed by atoms with E-state index in [0.29, 0.717) is 5.41 Å². The zero-order chi connectivity index (χ0) is 11.1. The van der Waals surface area contributed by atoms with Crippen LogP contribution in [-0.4, -0.2) is 0 Å². The molecule has 82 valence electrons. The van der Waals surface area contributed by atoms with Gasteiger partial charge >= 0.3 is 0 Å². The standard InChI is InChI=1S/C14H21N/c1-10(9-15)4-5-11-6-7-12-8-13(11)14(12,2)3/h6,10,12-13H,4-5,7-8H2,1-3H3/t10?,12-,13-/m0/s1. The van der Waals surface area contributed by atoms with Crippen molar-refractivity contribution >= 4 is 0 Å². The summed E-state index contributed by atoms with van der Waals surface area (Å²) in [6.45, 7) is 6.84. The van der Waals surface area contributed by atoms with Crippen molar-refractivity contribution in [3.63, 3.8) is 0 Å². The Kier molecular flexibility index (Phi) is 2.63. The SMILES string of the molecule is CC(C#N)CCC1=CC[C@H]2C[C@@H]1C2(C)C. The Balaban J connectivity index is 1.95. The normalized spacial score (nSPS) is 33.6. The summed E-state index contributed by atoms with van der Waals surface area (Å²) in [6, 6.07) is 2.33. The first-order chi connectivity index (χ1) is 7.05. The van der Waals surface area contributed by atoms with Gasteiger partial charge in [0.2, 0.25) is 0 Å². The van der Waals surface area contributed by atoms with E-state index in [2.05, 4.69) is 26.0 Å². The molecule has 1 nitrogen and oxygen atoms in total. The van der Waals surface area contributed by atoms with Gasteiger partial charge in [0.1, 0.15) is 0 Å². The molecule has 0 aliphatic heterocycles. The molecule has 0 radical (unpaired) electrons. The molecular formula is C14H21N. The molecule has 0 spiro atoms. The highest BCUT2D eigenvalue weighted by atomic mass is 14.5. The Bertz CT molecular complexity index is 319. The summed E-state index contributed by atoms with van der Waals surface area (Å²) in [7, 11) is 0. The van der Waals surface area contributed by atoms with Gasteiger partial charge in [-0.1, -0.05) is 25.5 Å². The van der Waals surface area contributed by atoms with Gasteiger partial charge in [-0.25, -0.2) is 0 Å². The zero-order valence-corrected chi connectivity index (χ0v) is 10.1. The van der Waals surface area contributed by atoms with Crippen molar-refractivity contribution in [3.8, 4) is 6.07 Å². The van der Waals surface area contributed by atoms with Crippen LogP contribution in [0.15, 0.2) is 11.6 Å². The Morgan fingerprint density at radius 2 is 2.33 bits per heavy atom. The predicted octanol–water partition coefficient (Wildman–Crippen LogP) is 3.92. The molecule has 3 rings (SSSR count). The van der Waals surface area contributed by atoms with E-state index in [1.54, 1.807) is 5.57 Å². The Labute approximate surface area is 93.2 Å². The van der Waals surface area contributed by atoms with Crippen molar-refractivity contribution in [1.82, 2.24) is 0 Å². The first-order valence-corrected chi connectivity index (χ1v) is 6.14. The van der Waals surface area contributed by atoms with Gasteiger partial charge in [-0.05, 0) is 49.9 Å². The molecule has 3 atom stereocenters. The van der Waals surface area contributed by atoms with Crippen molar-refractivity contribution in [1.29, 1.82) is 5.26 Å². The molecule has 0 aromatic carbocycles. The van der Waals surface area contributed by atoms with Crippen LogP contribution >= 0.6 is 0 Å². The highest BCUT2D eigenvalue weighted by Gasteiger charge is 2.50. The lowest BCUT2D eigenvalue weighted by molar-refractivity contribution is -0.00851. The number of rotatable bonds is 3. The molecule has 0 heterocycles. The van der Waals surface area contributed by atoms with Crippen LogP contribution in [0, 0.1) is 34.5 Å². The van der Waals surface area contributed by atoms with E-state index in [1.165, 1.54) is 12.8 Å². The highest BCUT2D eigenvalue weighted by molar-refractivity contribution is 5.23. The van der Waals surface area contributed by atoms with Crippen LogP contribution in [0.25, 0.3) is 0 Å². The van der Waals surface area contributed by atoms with E-state index < -0.39 is 0 Å². The first-order valence-electron chi connectivity index (χ1n) is 6.14. The lowest BCUT2D eigenvalue weighted by atomic mass is 9.48. The topological polar surface area (TPSA) is 23.8 Å². The van der Waals surface area contributed by atoms with E-state index in [1.807, 2.05) is 6.92 Å². The lowest BCUT2D eigenvalue weighted by Crippen LogP contribution is -2.48. The third-order valence-electron chi connectivity index (χ3n) is 4.67. The van der Waals surface area contributed by atoms with Crippen LogP contribution in [-0.2, 0) is 0 Å². The van der Waals surface area contributed by atoms with E-state index in [-0.39, 0.29) is 5.92 Å². The van der Waals surface area contributed by atoms with E-state index in [0.717, 1.165) is 24.7 Å². The minimum absolute atomic E-state index is 0.215. The lowest BCUT2D eigenvalue weighted by Gasteiger charge is -2.56. The second-order valence-corrected chi connectivity index (χ2v) is 5.89. The second-order valence-electron chi connectivity index (χ2n) is 5.89. The fourth-order valence-electron chi connectivity index (χ4n) is 3.21. The van der Waals surface area contributed by atoms with Gasteiger partial charge in [0.25, 0.3) is 0 Å². The van der Waals surface area contributed by atoms with Crippen LogP contribution in [0.2, 0.25) is 0 Å². The summed E-state index contributed by atoms with van der Waals surface area (Å²) in [6.07, 6.45) is 7.32. The van der Waals surface area contributed by atoms with Crippen LogP contribution in [0.5, 0.6) is 0 Å². The van der Waals surface area contributed by atoms with Gasteiger partial charge in [0.15, 0.2) is 0 Å². The van der Waals surface area contributed by atoms with Gasteiger partial charge in [-0.15, -0.1) is 0 Å². The number of allylic oxidation sites excluding steroid dienone is 2. The zero-order valence-electron chi connectivity index (χ0n) is 10.1. The number of nitrogens with zero attached hydrogens (tertiary/aromatic N) is 1. The molecule has 2 bridgehead atoms. The molecule has 0 amide bonds. The second kappa shape index (κ2) is 3.67. The number of fused-ring (bicyclic) bond motifs is 1. The van der Waals surface area contributed by atoms with E-state index in [4.69, 9.17) is 5.26 Å². The molecule has 1 unspecified atom stereocenters. The maximum absolute atomic E-state index is 8.77. The van der Waals surface area contributed by atoms with Crippen molar-refractivity contribution in [3.05, 3.63) is 11.6 Å². The fraction of sp³-hybridized carbons (Fsp3) is 0.786. The number of hydrogen-bond acceptors (Lipinski definition) is 1. The van der Waals surface area contributed by atoms with Gasteiger partial charge in [0, 0.05) is 5.92 Å². The number of hydrogen-bond donors (Lipinski definition) is 0. The summed E-state index contributed by atoms with van der Waals surface area (Å²) < 4.78 is 0. The fourth-order valence-corrected chi connectivity index (χ4v) is 3.21. The maximum Gasteiger partial charge on any atom is 0.0652 e. The summed E-state index contributed by atoms with van der Waals surface area (Å²) >= 11 is 0. The third-order valence-corrected chi connectivity index (χ3v) is 4.67. The van der Waals surface area contributed by atoms with Gasteiger partial charge in [-0.3, -0.25) is 0 Å². The minimum Gasteiger partial charge on any atom is -0.198 e. The monoisotopic (exact) mass is 203 g/mol. The van der Waals surface area contributed by atoms with Gasteiger partial charge in [0.05, 0.1) is 6.07 Å². The Morgan fingerprint density at radius 1 is 1.60 bits per heavy atom. The molecule has 1 fully saturated rings. The molecule has 3 aliphatic carbocycles. The molecule has 0 N–H and O–H groups in total. The van der Waals surface area contributed by atoms with Crippen molar-refractivity contribution in [2.24, 2.45) is 23.2 Å². The van der Waals surface area contributed by atoms with Gasteiger partial charge in [-0.2, -0.15) is 5.26 Å². The van der Waals surface area contributed by atoms with Crippen LogP contribution in [0.1, 0.15) is 46.5 Å². The van der Waals surface area contributed by atoms with Crippen LogP contribution in [0.4, 0.5) is 0 Å². The van der Waals surface area contributed by atoms with E-state index >= 15 is 0 Å². The van der Waals surface area contributed by atoms with Crippen molar-refractivity contribution in [2.45, 2.75) is 46.5 Å². The molecule has 1 saturated carbocycles. The largest absolute Gasteiger partial charge is 0.198 e. The molecule has 0 aromatic heterocycles. The molecule has 0 saturated heterocycles. The average Bonchev–Trinajstić information content (AvgIpc) is 2.25. The minimum atomic E-state index is 0.215. The third kappa shape index (κ3) is 1.71. The van der Waals surface area contributed by atoms with Crippen molar-refractivity contribution < 1.29 is 0 Å². The highest BCUT2D eigenvalue weighted by Crippen LogP contribution is 2.59. The summed E-state index contributed by atoms with van der Waals surface area (Å²) in [5.74, 6) is 1.97. The Morgan fingerprint density at radius 3 is 2.87 bits per heavy atom. The molecule has 3 aliphatic rings. The van der Waals surface area contributed by atoms with E-state index in [9.17, 15) is 0 Å². The maximum atomic E-state index is 8.77. The van der Waals surface area contributed by atoms with Crippen LogP contribution < -0.4 is 0 Å². The van der Waals surface area contributed by atoms with Crippen LogP contribution in [0.3, 0.4) is 0 Å². The smallest absolute Gasteiger partial charge is 0.0652 e.